The molecule has 58 valence electrons. The van der Waals surface area contributed by atoms with E-state index in [9.17, 15) is 0 Å². The van der Waals surface area contributed by atoms with Crippen LogP contribution in [0, 0.1) is 0 Å². The number of aliphatic imine (C=N–C) groups is 1. The van der Waals surface area contributed by atoms with Gasteiger partial charge in [-0.15, -0.1) is 0 Å². The van der Waals surface area contributed by atoms with Crippen LogP contribution >= 0.6 is 23.3 Å². The van der Waals surface area contributed by atoms with Gasteiger partial charge in [0.25, 0.3) is 0 Å². The number of rotatable bonds is 0. The lowest BCUT2D eigenvalue weighted by Crippen LogP contribution is -2.06. The molecule has 0 radical (unpaired) electrons. The second-order valence-electron chi connectivity index (χ2n) is 1.90. The molecule has 1 aromatic heterocycles. The van der Waals surface area contributed by atoms with Crippen molar-refractivity contribution in [3.05, 3.63) is 11.1 Å². The number of hydrogen-bond donors (Lipinski definition) is 1. The molecule has 0 amide bonds. The molecule has 0 aliphatic carbocycles. The van der Waals surface area contributed by atoms with Crippen molar-refractivity contribution in [2.45, 2.75) is 0 Å². The first-order valence-electron chi connectivity index (χ1n) is 3.15. The van der Waals surface area contributed by atoms with Gasteiger partial charge in [0.1, 0.15) is 5.51 Å². The quantitative estimate of drug-likeness (QED) is 0.640. The number of thioether (sulfide) groups is 1. The van der Waals surface area contributed by atoms with Crippen molar-refractivity contribution in [1.29, 1.82) is 0 Å². The van der Waals surface area contributed by atoms with E-state index in [1.54, 1.807) is 17.3 Å². The predicted octanol–water partition coefficient (Wildman–Crippen LogP) is 0.475. The van der Waals surface area contributed by atoms with E-state index in [1.807, 2.05) is 0 Å². The molecule has 0 aromatic carbocycles. The van der Waals surface area contributed by atoms with Gasteiger partial charge < -0.3 is 0 Å². The second-order valence-corrected chi connectivity index (χ2v) is 3.62. The molecule has 0 spiro atoms. The first-order valence-corrected chi connectivity index (χ1v) is 5.02. The molecular formula is C5H6N4S2. The van der Waals surface area contributed by atoms with Gasteiger partial charge in [-0.3, -0.25) is 9.37 Å². The van der Waals surface area contributed by atoms with E-state index >= 15 is 0 Å². The highest BCUT2D eigenvalue weighted by molar-refractivity contribution is 8.14. The maximum absolute atomic E-state index is 4.17. The lowest BCUT2D eigenvalue weighted by Gasteiger charge is -1.82. The minimum Gasteiger partial charge on any atom is -0.278 e. The van der Waals surface area contributed by atoms with Gasteiger partial charge in [-0.05, 0) is 11.5 Å². The van der Waals surface area contributed by atoms with Crippen molar-refractivity contribution in [1.82, 2.24) is 9.36 Å². The minimum atomic E-state index is 0.656. The minimum absolute atomic E-state index is 0.656. The summed E-state index contributed by atoms with van der Waals surface area (Å²) in [5, 5.41) is 0.840. The van der Waals surface area contributed by atoms with Crippen molar-refractivity contribution >= 4 is 28.5 Å². The van der Waals surface area contributed by atoms with Crippen LogP contribution in [0.2, 0.25) is 0 Å². The molecule has 0 atom stereocenters. The number of nitrogens with one attached hydrogen (secondary N) is 1. The average Bonchev–Trinajstić information content (AvgIpc) is 2.60. The molecule has 4 nitrogen and oxygen atoms in total. The van der Waals surface area contributed by atoms with Gasteiger partial charge in [0, 0.05) is 5.75 Å². The Hall–Kier alpha value is -0.620. The van der Waals surface area contributed by atoms with Crippen molar-refractivity contribution in [2.24, 2.45) is 9.98 Å². The Kier molecular flexibility index (Phi) is 2.04. The first kappa shape index (κ1) is 7.05. The molecule has 11 heavy (non-hydrogen) atoms. The molecule has 0 fully saturated rings. The highest BCUT2D eigenvalue weighted by atomic mass is 32.2. The number of aromatic amines is 1. The second kappa shape index (κ2) is 3.19. The summed E-state index contributed by atoms with van der Waals surface area (Å²) in [5.41, 5.74) is 2.38. The normalized spacial score (nSPS) is 18.9. The van der Waals surface area contributed by atoms with E-state index in [0.29, 0.717) is 5.62 Å². The van der Waals surface area contributed by atoms with E-state index in [0.717, 1.165) is 17.5 Å². The fourth-order valence-corrected chi connectivity index (χ4v) is 1.82. The van der Waals surface area contributed by atoms with Crippen LogP contribution in [0.15, 0.2) is 15.5 Å². The van der Waals surface area contributed by atoms with Crippen LogP contribution < -0.4 is 5.62 Å². The maximum atomic E-state index is 4.17. The number of H-pyrrole nitrogens is 1. The van der Waals surface area contributed by atoms with Crippen LogP contribution in [0.1, 0.15) is 0 Å². The highest BCUT2D eigenvalue weighted by Gasteiger charge is 2.04. The van der Waals surface area contributed by atoms with Gasteiger partial charge >= 0.3 is 0 Å². The number of hydrogen-bond acceptors (Lipinski definition) is 5. The van der Waals surface area contributed by atoms with Crippen LogP contribution in [0.4, 0.5) is 0 Å². The number of amidine groups is 1. The summed E-state index contributed by atoms with van der Waals surface area (Å²) in [6, 6.07) is 0. The highest BCUT2D eigenvalue weighted by Crippen LogP contribution is 2.10. The van der Waals surface area contributed by atoms with Crippen LogP contribution in [0.5, 0.6) is 0 Å². The van der Waals surface area contributed by atoms with Crippen molar-refractivity contribution in [3.63, 3.8) is 0 Å². The average molecular weight is 186 g/mol. The molecule has 1 aliphatic heterocycles. The Bertz CT molecular complexity index is 306. The molecule has 1 aromatic rings. The standard InChI is InChI=1S/C5H6N4S2/c1-2-10-5(6-1)8-4-7-3-11-9-4/h3H,1-2H2,(H,6,8,9). The molecule has 1 aliphatic rings. The zero-order valence-electron chi connectivity index (χ0n) is 5.65. The zero-order chi connectivity index (χ0) is 7.52. The van der Waals surface area contributed by atoms with Crippen molar-refractivity contribution in [3.8, 4) is 0 Å². The summed E-state index contributed by atoms with van der Waals surface area (Å²) in [6.45, 7) is 0.883. The monoisotopic (exact) mass is 186 g/mol. The van der Waals surface area contributed by atoms with Crippen molar-refractivity contribution < 1.29 is 0 Å². The van der Waals surface area contributed by atoms with Gasteiger partial charge in [0.2, 0.25) is 5.62 Å². The molecule has 2 heterocycles. The van der Waals surface area contributed by atoms with Gasteiger partial charge in [0.15, 0.2) is 5.17 Å². The Labute approximate surface area is 71.7 Å². The van der Waals surface area contributed by atoms with E-state index in [-0.39, 0.29) is 0 Å². The third kappa shape index (κ3) is 1.69. The van der Waals surface area contributed by atoms with E-state index in [2.05, 4.69) is 19.3 Å². The fraction of sp³-hybridized carbons (Fsp3) is 0.400. The van der Waals surface area contributed by atoms with Crippen LogP contribution in [0.25, 0.3) is 0 Å². The molecule has 0 saturated carbocycles. The third-order valence-electron chi connectivity index (χ3n) is 1.15. The Morgan fingerprint density at radius 2 is 2.64 bits per heavy atom. The van der Waals surface area contributed by atoms with Crippen molar-refractivity contribution in [2.75, 3.05) is 12.3 Å². The lowest BCUT2D eigenvalue weighted by molar-refractivity contribution is 1.11. The van der Waals surface area contributed by atoms with E-state index in [4.69, 9.17) is 0 Å². The molecule has 0 bridgehead atoms. The molecule has 1 N–H and O–H groups in total. The Morgan fingerprint density at radius 1 is 1.64 bits per heavy atom. The zero-order valence-corrected chi connectivity index (χ0v) is 7.28. The molecular weight excluding hydrogens is 180 g/mol. The van der Waals surface area contributed by atoms with Crippen LogP contribution in [-0.4, -0.2) is 26.8 Å². The summed E-state index contributed by atoms with van der Waals surface area (Å²) >= 11 is 3.10. The van der Waals surface area contributed by atoms with Crippen LogP contribution in [0.3, 0.4) is 0 Å². The summed E-state index contributed by atoms with van der Waals surface area (Å²) in [5.74, 6) is 1.04. The third-order valence-corrected chi connectivity index (χ3v) is 2.53. The van der Waals surface area contributed by atoms with Gasteiger partial charge in [-0.25, -0.2) is 4.98 Å². The van der Waals surface area contributed by atoms with Crippen LogP contribution in [-0.2, 0) is 0 Å². The molecule has 6 heteroatoms. The molecule has 0 saturated heterocycles. The topological polar surface area (TPSA) is 53.4 Å². The Morgan fingerprint density at radius 3 is 3.27 bits per heavy atom. The first-order chi connectivity index (χ1) is 5.45. The SMILES string of the molecule is c1nc(=NC2=NCCS2)[nH]s1. The van der Waals surface area contributed by atoms with E-state index < -0.39 is 0 Å². The lowest BCUT2D eigenvalue weighted by atomic mass is 10.8. The summed E-state index contributed by atoms with van der Waals surface area (Å²) in [6.07, 6.45) is 0. The predicted molar refractivity (Wildman–Crippen MR) is 46.8 cm³/mol. The van der Waals surface area contributed by atoms with Gasteiger partial charge in [-0.1, -0.05) is 11.8 Å². The summed E-state index contributed by atoms with van der Waals surface area (Å²) in [7, 11) is 0. The smallest absolute Gasteiger partial charge is 0.239 e. The van der Waals surface area contributed by atoms with Gasteiger partial charge in [0.05, 0.1) is 6.54 Å². The summed E-state index contributed by atoms with van der Waals surface area (Å²) < 4.78 is 2.93. The molecule has 0 unspecified atom stereocenters. The fourth-order valence-electron chi connectivity index (χ4n) is 0.715. The maximum Gasteiger partial charge on any atom is 0.239 e. The summed E-state index contributed by atoms with van der Waals surface area (Å²) in [4.78, 5) is 12.3. The largest absolute Gasteiger partial charge is 0.278 e. The number of aromatic nitrogens is 2. The van der Waals surface area contributed by atoms with E-state index in [1.165, 1.54) is 11.5 Å². The van der Waals surface area contributed by atoms with Gasteiger partial charge in [-0.2, -0.15) is 4.99 Å². The Balaban J connectivity index is 2.27. The molecule has 2 rings (SSSR count). The number of nitrogens with zero attached hydrogens (tertiary/aromatic N) is 3.